The molecule has 2 bridgehead atoms. The first kappa shape index (κ1) is 12.6. The second-order valence-corrected chi connectivity index (χ2v) is 8.16. The predicted octanol–water partition coefficient (Wildman–Crippen LogP) is 2.05. The molecule has 0 aromatic carbocycles. The first-order valence-electron chi connectivity index (χ1n) is 6.99. The van der Waals surface area contributed by atoms with Crippen LogP contribution < -0.4 is 5.32 Å². The van der Waals surface area contributed by atoms with Crippen molar-refractivity contribution in [3.63, 3.8) is 0 Å². The van der Waals surface area contributed by atoms with Gasteiger partial charge in [-0.1, -0.05) is 0 Å². The van der Waals surface area contributed by atoms with Crippen LogP contribution in [-0.2, 0) is 0 Å². The summed E-state index contributed by atoms with van der Waals surface area (Å²) < 4.78 is 0. The summed E-state index contributed by atoms with van der Waals surface area (Å²) in [6.07, 6.45) is 5.68. The molecule has 2 nitrogen and oxygen atoms in total. The fourth-order valence-electron chi connectivity index (χ4n) is 3.69. The second kappa shape index (κ2) is 5.72. The van der Waals surface area contributed by atoms with Crippen LogP contribution in [0.4, 0.5) is 0 Å². The lowest BCUT2D eigenvalue weighted by Gasteiger charge is -2.41. The van der Waals surface area contributed by atoms with Crippen molar-refractivity contribution in [2.24, 2.45) is 0 Å². The van der Waals surface area contributed by atoms with Crippen LogP contribution in [0.5, 0.6) is 0 Å². The van der Waals surface area contributed by atoms with Gasteiger partial charge in [0, 0.05) is 47.2 Å². The van der Waals surface area contributed by atoms with Gasteiger partial charge < -0.3 is 5.32 Å². The highest BCUT2D eigenvalue weighted by Gasteiger charge is 2.40. The quantitative estimate of drug-likeness (QED) is 0.845. The average molecular weight is 272 g/mol. The Morgan fingerprint density at radius 3 is 2.53 bits per heavy atom. The Hall–Kier alpha value is 0.620. The van der Waals surface area contributed by atoms with Crippen molar-refractivity contribution in [2.45, 2.75) is 49.1 Å². The maximum Gasteiger partial charge on any atom is 0.0266 e. The number of hydrogen-bond donors (Lipinski definition) is 1. The lowest BCUT2D eigenvalue weighted by atomic mass is 9.97. The van der Waals surface area contributed by atoms with E-state index < -0.39 is 0 Å². The SMILES string of the molecule is CNC1CC2CCC(C1)N2CC1CSCCS1. The van der Waals surface area contributed by atoms with E-state index in [4.69, 9.17) is 0 Å². The maximum atomic E-state index is 3.49. The first-order valence-corrected chi connectivity index (χ1v) is 9.19. The van der Waals surface area contributed by atoms with Crippen LogP contribution in [0.15, 0.2) is 0 Å². The Balaban J connectivity index is 1.57. The van der Waals surface area contributed by atoms with E-state index >= 15 is 0 Å². The van der Waals surface area contributed by atoms with Crippen molar-refractivity contribution in [2.75, 3.05) is 30.9 Å². The zero-order valence-electron chi connectivity index (χ0n) is 10.7. The number of fused-ring (bicyclic) bond motifs is 2. The molecule has 3 aliphatic heterocycles. The second-order valence-electron chi connectivity index (χ2n) is 5.61. The fourth-order valence-corrected chi connectivity index (χ4v) is 6.36. The van der Waals surface area contributed by atoms with Crippen LogP contribution in [0.2, 0.25) is 0 Å². The van der Waals surface area contributed by atoms with Gasteiger partial charge in [0.15, 0.2) is 0 Å². The molecule has 0 spiro atoms. The third kappa shape index (κ3) is 2.80. The highest BCUT2D eigenvalue weighted by atomic mass is 32.2. The molecule has 17 heavy (non-hydrogen) atoms. The van der Waals surface area contributed by atoms with E-state index in [9.17, 15) is 0 Å². The molecular weight excluding hydrogens is 248 g/mol. The summed E-state index contributed by atoms with van der Waals surface area (Å²) in [6.45, 7) is 1.36. The number of thioether (sulfide) groups is 2. The third-order valence-electron chi connectivity index (χ3n) is 4.59. The molecule has 4 heteroatoms. The van der Waals surface area contributed by atoms with Crippen LogP contribution in [-0.4, -0.2) is 59.1 Å². The summed E-state index contributed by atoms with van der Waals surface area (Å²) in [7, 11) is 2.13. The Morgan fingerprint density at radius 1 is 1.18 bits per heavy atom. The predicted molar refractivity (Wildman–Crippen MR) is 79.2 cm³/mol. The van der Waals surface area contributed by atoms with Gasteiger partial charge in [-0.3, -0.25) is 4.90 Å². The van der Waals surface area contributed by atoms with Gasteiger partial charge in [-0.05, 0) is 32.7 Å². The molecule has 3 heterocycles. The standard InChI is InChI=1S/C13H24N2S2/c1-14-10-6-11-2-3-12(7-10)15(11)8-13-9-16-4-5-17-13/h10-14H,2-9H2,1H3. The molecule has 3 saturated heterocycles. The van der Waals surface area contributed by atoms with E-state index in [1.165, 1.54) is 49.5 Å². The Bertz CT molecular complexity index is 242. The highest BCUT2D eigenvalue weighted by molar-refractivity contribution is 8.06. The number of rotatable bonds is 3. The monoisotopic (exact) mass is 272 g/mol. The molecule has 3 unspecified atom stereocenters. The van der Waals surface area contributed by atoms with Crippen molar-refractivity contribution in [3.8, 4) is 0 Å². The minimum absolute atomic E-state index is 0.789. The molecule has 3 atom stereocenters. The molecule has 0 saturated carbocycles. The van der Waals surface area contributed by atoms with Gasteiger partial charge in [-0.25, -0.2) is 0 Å². The minimum Gasteiger partial charge on any atom is -0.317 e. The van der Waals surface area contributed by atoms with Crippen molar-refractivity contribution in [1.29, 1.82) is 0 Å². The minimum atomic E-state index is 0.789. The van der Waals surface area contributed by atoms with Crippen LogP contribution >= 0.6 is 23.5 Å². The molecule has 0 aliphatic carbocycles. The van der Waals surface area contributed by atoms with Gasteiger partial charge in [0.1, 0.15) is 0 Å². The summed E-state index contributed by atoms with van der Waals surface area (Å²) in [5.74, 6) is 4.13. The number of nitrogens with one attached hydrogen (secondary N) is 1. The topological polar surface area (TPSA) is 15.3 Å². The van der Waals surface area contributed by atoms with Gasteiger partial charge in [0.05, 0.1) is 0 Å². The van der Waals surface area contributed by atoms with Crippen molar-refractivity contribution in [3.05, 3.63) is 0 Å². The molecule has 3 aliphatic rings. The first-order chi connectivity index (χ1) is 8.36. The van der Waals surface area contributed by atoms with E-state index in [1.54, 1.807) is 0 Å². The number of nitrogens with zero attached hydrogens (tertiary/aromatic N) is 1. The molecule has 98 valence electrons. The summed E-state index contributed by atoms with van der Waals surface area (Å²) in [5, 5.41) is 4.40. The van der Waals surface area contributed by atoms with Crippen LogP contribution in [0.25, 0.3) is 0 Å². The smallest absolute Gasteiger partial charge is 0.0266 e. The normalized spacial score (nSPS) is 42.9. The fraction of sp³-hybridized carbons (Fsp3) is 1.00. The Labute approximate surface area is 114 Å². The molecule has 0 amide bonds. The molecular formula is C13H24N2S2. The number of piperidine rings is 1. The molecule has 1 N–H and O–H groups in total. The van der Waals surface area contributed by atoms with E-state index in [1.807, 2.05) is 0 Å². The van der Waals surface area contributed by atoms with Gasteiger partial charge in [-0.15, -0.1) is 0 Å². The zero-order valence-corrected chi connectivity index (χ0v) is 12.4. The van der Waals surface area contributed by atoms with Gasteiger partial charge in [0.25, 0.3) is 0 Å². The van der Waals surface area contributed by atoms with Crippen LogP contribution in [0.3, 0.4) is 0 Å². The molecule has 0 aromatic rings. The Kier molecular flexibility index (Phi) is 4.26. The average Bonchev–Trinajstić information content (AvgIpc) is 2.63. The van der Waals surface area contributed by atoms with Gasteiger partial charge in [0.2, 0.25) is 0 Å². The zero-order chi connectivity index (χ0) is 11.7. The lowest BCUT2D eigenvalue weighted by Crippen LogP contribution is -2.50. The van der Waals surface area contributed by atoms with Gasteiger partial charge in [-0.2, -0.15) is 23.5 Å². The molecule has 3 fully saturated rings. The van der Waals surface area contributed by atoms with Crippen molar-refractivity contribution < 1.29 is 0 Å². The van der Waals surface area contributed by atoms with E-state index in [-0.39, 0.29) is 0 Å². The largest absolute Gasteiger partial charge is 0.317 e. The van der Waals surface area contributed by atoms with E-state index in [0.717, 1.165) is 23.4 Å². The molecule has 0 radical (unpaired) electrons. The molecule has 3 rings (SSSR count). The van der Waals surface area contributed by atoms with Crippen LogP contribution in [0.1, 0.15) is 25.7 Å². The lowest BCUT2D eigenvalue weighted by molar-refractivity contribution is 0.121. The summed E-state index contributed by atoms with van der Waals surface area (Å²) in [6, 6.07) is 2.56. The van der Waals surface area contributed by atoms with Crippen LogP contribution in [0, 0.1) is 0 Å². The van der Waals surface area contributed by atoms with Crippen molar-refractivity contribution in [1.82, 2.24) is 10.2 Å². The highest BCUT2D eigenvalue weighted by Crippen LogP contribution is 2.37. The molecule has 0 aromatic heterocycles. The maximum absolute atomic E-state index is 3.49. The third-order valence-corrected chi connectivity index (χ3v) is 7.42. The van der Waals surface area contributed by atoms with Crippen molar-refractivity contribution >= 4 is 23.5 Å². The Morgan fingerprint density at radius 2 is 1.94 bits per heavy atom. The summed E-state index contributed by atoms with van der Waals surface area (Å²) in [4.78, 5) is 2.86. The summed E-state index contributed by atoms with van der Waals surface area (Å²) >= 11 is 4.38. The van der Waals surface area contributed by atoms with E-state index in [0.29, 0.717) is 0 Å². The summed E-state index contributed by atoms with van der Waals surface area (Å²) in [5.41, 5.74) is 0. The van der Waals surface area contributed by atoms with Gasteiger partial charge >= 0.3 is 0 Å². The number of hydrogen-bond acceptors (Lipinski definition) is 4. The van der Waals surface area contributed by atoms with E-state index in [2.05, 4.69) is 40.8 Å².